The van der Waals surface area contributed by atoms with Gasteiger partial charge in [-0.15, -0.1) is 12.4 Å². The van der Waals surface area contributed by atoms with Crippen LogP contribution >= 0.6 is 12.4 Å². The fourth-order valence-corrected chi connectivity index (χ4v) is 0.322. The highest BCUT2D eigenvalue weighted by atomic mass is 35.5. The molecule has 0 saturated heterocycles. The molecule has 0 bridgehead atoms. The second-order valence-electron chi connectivity index (χ2n) is 1.61. The van der Waals surface area contributed by atoms with Crippen molar-refractivity contribution in [2.75, 3.05) is 0 Å². The highest BCUT2D eigenvalue weighted by Gasteiger charge is 2.01. The van der Waals surface area contributed by atoms with Crippen molar-refractivity contribution in [3.63, 3.8) is 0 Å². The van der Waals surface area contributed by atoms with E-state index in [1.54, 1.807) is 6.92 Å². The molecule has 8 heavy (non-hydrogen) atoms. The molecule has 0 amide bonds. The molecule has 1 atom stereocenters. The highest BCUT2D eigenvalue weighted by Crippen LogP contribution is 1.83. The first-order valence-corrected chi connectivity index (χ1v) is 2.46. The third-order valence-corrected chi connectivity index (χ3v) is 0.856. The molecule has 0 rings (SSSR count). The zero-order chi connectivity index (χ0) is 5.86. The Morgan fingerprint density at radius 1 is 1.75 bits per heavy atom. The van der Waals surface area contributed by atoms with Gasteiger partial charge in [0.1, 0.15) is 5.78 Å². The quantitative estimate of drug-likeness (QED) is 0.610. The molecule has 0 fully saturated rings. The Hall–Kier alpha value is -0.0800. The molecule has 0 aliphatic carbocycles. The van der Waals surface area contributed by atoms with Gasteiger partial charge in [-0.25, -0.2) is 0 Å². The van der Waals surface area contributed by atoms with E-state index in [1.165, 1.54) is 0 Å². The minimum absolute atomic E-state index is 0. The summed E-state index contributed by atoms with van der Waals surface area (Å²) < 4.78 is 0. The molecule has 50 valence electrons. The van der Waals surface area contributed by atoms with E-state index in [-0.39, 0.29) is 24.2 Å². The van der Waals surface area contributed by atoms with Crippen LogP contribution in [0.2, 0.25) is 0 Å². The molecule has 0 heterocycles. The van der Waals surface area contributed by atoms with Crippen LogP contribution in [0.25, 0.3) is 0 Å². The first kappa shape index (κ1) is 10.8. The van der Waals surface area contributed by atoms with Crippen molar-refractivity contribution in [1.29, 1.82) is 0 Å². The number of nitrogens with two attached hydrogens (primary N) is 1. The van der Waals surface area contributed by atoms with Crippen LogP contribution in [0.1, 0.15) is 20.3 Å². The van der Waals surface area contributed by atoms with E-state index in [0.717, 1.165) is 0 Å². The minimum Gasteiger partial charge on any atom is -0.322 e. The summed E-state index contributed by atoms with van der Waals surface area (Å²) in [5.74, 6) is 0.125. The molecule has 3 heteroatoms. The van der Waals surface area contributed by atoms with Crippen molar-refractivity contribution in [3.8, 4) is 0 Å². The number of hydrogen-bond acceptors (Lipinski definition) is 2. The van der Waals surface area contributed by atoms with E-state index in [4.69, 9.17) is 5.73 Å². The molecule has 0 aliphatic rings. The SMILES string of the molecule is CCC(=O)C(C)N.Cl. The van der Waals surface area contributed by atoms with Gasteiger partial charge < -0.3 is 5.73 Å². The van der Waals surface area contributed by atoms with Crippen LogP contribution in [0.3, 0.4) is 0 Å². The van der Waals surface area contributed by atoms with Gasteiger partial charge in [0.25, 0.3) is 0 Å². The first-order valence-electron chi connectivity index (χ1n) is 2.46. The molecule has 0 radical (unpaired) electrons. The molecule has 0 aromatic carbocycles. The standard InChI is InChI=1S/C5H11NO.ClH/c1-3-5(7)4(2)6;/h4H,3,6H2,1-2H3;1H. The van der Waals surface area contributed by atoms with E-state index < -0.39 is 0 Å². The molecule has 2 N–H and O–H groups in total. The van der Waals surface area contributed by atoms with Gasteiger partial charge in [-0.2, -0.15) is 0 Å². The Bertz CT molecular complexity index is 72.8. The predicted molar refractivity (Wildman–Crippen MR) is 36.2 cm³/mol. The molecule has 1 unspecified atom stereocenters. The van der Waals surface area contributed by atoms with E-state index in [9.17, 15) is 4.79 Å². The topological polar surface area (TPSA) is 43.1 Å². The van der Waals surface area contributed by atoms with Crippen LogP contribution in [0.15, 0.2) is 0 Å². The summed E-state index contributed by atoms with van der Waals surface area (Å²) in [4.78, 5) is 10.4. The van der Waals surface area contributed by atoms with Crippen LogP contribution in [0, 0.1) is 0 Å². The second-order valence-corrected chi connectivity index (χ2v) is 1.61. The second kappa shape index (κ2) is 5.06. The normalized spacial score (nSPS) is 11.9. The summed E-state index contributed by atoms with van der Waals surface area (Å²) in [6.45, 7) is 3.51. The van der Waals surface area contributed by atoms with E-state index in [1.807, 2.05) is 6.92 Å². The largest absolute Gasteiger partial charge is 0.322 e. The van der Waals surface area contributed by atoms with Gasteiger partial charge in [-0.05, 0) is 6.92 Å². The zero-order valence-electron chi connectivity index (χ0n) is 5.18. The number of Topliss-reactive ketones (excluding diaryl/α,β-unsaturated/α-hetero) is 1. The number of ketones is 1. The lowest BCUT2D eigenvalue weighted by Gasteiger charge is -1.96. The van der Waals surface area contributed by atoms with Gasteiger partial charge in [-0.1, -0.05) is 6.92 Å². The Morgan fingerprint density at radius 2 is 2.12 bits per heavy atom. The van der Waals surface area contributed by atoms with Crippen LogP contribution in [-0.4, -0.2) is 11.8 Å². The van der Waals surface area contributed by atoms with Crippen LogP contribution in [-0.2, 0) is 4.79 Å². The molecule has 0 aromatic rings. The molecular weight excluding hydrogens is 126 g/mol. The number of rotatable bonds is 2. The lowest BCUT2D eigenvalue weighted by atomic mass is 10.2. The number of hydrogen-bond donors (Lipinski definition) is 1. The fraction of sp³-hybridized carbons (Fsp3) is 0.800. The van der Waals surface area contributed by atoms with Crippen LogP contribution < -0.4 is 5.73 Å². The number of carbonyl (C=O) groups excluding carboxylic acids is 1. The van der Waals surface area contributed by atoms with Crippen molar-refractivity contribution < 1.29 is 4.79 Å². The lowest BCUT2D eigenvalue weighted by molar-refractivity contribution is -0.119. The van der Waals surface area contributed by atoms with Crippen molar-refractivity contribution in [2.45, 2.75) is 26.3 Å². The number of halogens is 1. The maximum absolute atomic E-state index is 10.4. The summed E-state index contributed by atoms with van der Waals surface area (Å²) in [5.41, 5.74) is 5.20. The summed E-state index contributed by atoms with van der Waals surface area (Å²) in [6, 6.07) is -0.273. The summed E-state index contributed by atoms with van der Waals surface area (Å²) in [5, 5.41) is 0. The predicted octanol–water partition coefficient (Wildman–Crippen LogP) is 0.734. The molecule has 0 spiro atoms. The zero-order valence-corrected chi connectivity index (χ0v) is 5.99. The highest BCUT2D eigenvalue weighted by molar-refractivity contribution is 5.85. The Kier molecular flexibility index (Phi) is 6.85. The smallest absolute Gasteiger partial charge is 0.148 e. The van der Waals surface area contributed by atoms with Gasteiger partial charge in [-0.3, -0.25) is 4.79 Å². The van der Waals surface area contributed by atoms with Crippen LogP contribution in [0.5, 0.6) is 0 Å². The van der Waals surface area contributed by atoms with Crippen molar-refractivity contribution >= 4 is 18.2 Å². The first-order chi connectivity index (χ1) is 3.18. The number of carbonyl (C=O) groups is 1. The van der Waals surface area contributed by atoms with Crippen molar-refractivity contribution in [1.82, 2.24) is 0 Å². The van der Waals surface area contributed by atoms with Crippen molar-refractivity contribution in [3.05, 3.63) is 0 Å². The average molecular weight is 138 g/mol. The van der Waals surface area contributed by atoms with Gasteiger partial charge in [0, 0.05) is 6.42 Å². The molecule has 0 aliphatic heterocycles. The van der Waals surface area contributed by atoms with Gasteiger partial charge in [0.05, 0.1) is 6.04 Å². The third kappa shape index (κ3) is 4.09. The lowest BCUT2D eigenvalue weighted by Crippen LogP contribution is -2.25. The Labute approximate surface area is 55.9 Å². The van der Waals surface area contributed by atoms with Gasteiger partial charge in [0.2, 0.25) is 0 Å². The van der Waals surface area contributed by atoms with Crippen molar-refractivity contribution in [2.24, 2.45) is 5.73 Å². The molecular formula is C5H12ClNO. The Balaban J connectivity index is 0. The summed E-state index contributed by atoms with van der Waals surface area (Å²) in [7, 11) is 0. The molecule has 0 saturated carbocycles. The third-order valence-electron chi connectivity index (χ3n) is 0.856. The molecule has 0 aromatic heterocycles. The van der Waals surface area contributed by atoms with E-state index in [2.05, 4.69) is 0 Å². The Morgan fingerprint density at radius 3 is 2.12 bits per heavy atom. The van der Waals surface area contributed by atoms with Crippen LogP contribution in [0.4, 0.5) is 0 Å². The minimum atomic E-state index is -0.273. The molecule has 2 nitrogen and oxygen atoms in total. The summed E-state index contributed by atoms with van der Waals surface area (Å²) >= 11 is 0. The average Bonchev–Trinajstić information content (AvgIpc) is 1.65. The van der Waals surface area contributed by atoms with Gasteiger partial charge >= 0.3 is 0 Å². The van der Waals surface area contributed by atoms with E-state index >= 15 is 0 Å². The van der Waals surface area contributed by atoms with Gasteiger partial charge in [0.15, 0.2) is 0 Å². The summed E-state index contributed by atoms with van der Waals surface area (Å²) in [6.07, 6.45) is 0.553. The maximum Gasteiger partial charge on any atom is 0.148 e. The fourth-order valence-electron chi connectivity index (χ4n) is 0.322. The monoisotopic (exact) mass is 137 g/mol. The maximum atomic E-state index is 10.4. The van der Waals surface area contributed by atoms with E-state index in [0.29, 0.717) is 6.42 Å².